The van der Waals surface area contributed by atoms with Gasteiger partial charge in [-0.1, -0.05) is 121 Å². The SMILES string of the molecule is CC1=[C]([Ti][SiH](C)C)CC=C1.Cc1ccc(C=CC(=C(Oc2ccccc2)c2ccccc2)c2ccccc2)cc1. The number of hydrogen-bond donors (Lipinski definition) is 0. The maximum Gasteiger partial charge on any atom is 0.142 e. The van der Waals surface area contributed by atoms with E-state index in [4.69, 9.17) is 4.74 Å². The minimum atomic E-state index is -0.235. The maximum absolute atomic E-state index is 6.45. The predicted octanol–water partition coefficient (Wildman–Crippen LogP) is 9.94. The normalized spacial score (nSPS) is 13.2. The van der Waals surface area contributed by atoms with Gasteiger partial charge in [0.05, 0.1) is 0 Å². The minimum absolute atomic E-state index is 0.235. The van der Waals surface area contributed by atoms with Crippen molar-refractivity contribution in [2.45, 2.75) is 33.4 Å². The molecule has 40 heavy (non-hydrogen) atoms. The van der Waals surface area contributed by atoms with Crippen LogP contribution in [0.25, 0.3) is 17.4 Å². The van der Waals surface area contributed by atoms with E-state index in [9.17, 15) is 0 Å². The van der Waals surface area contributed by atoms with Crippen LogP contribution in [-0.2, 0) is 18.4 Å². The largest absolute Gasteiger partial charge is 0.456 e. The molecule has 0 N–H and O–H groups in total. The van der Waals surface area contributed by atoms with E-state index in [0.29, 0.717) is 18.4 Å². The standard InChI is InChI=1S/C29H24O.C6H7.C2H7Si.Ti/c1-23-17-19-24(20-18-23)21-22-28(25-11-5-2-6-12-25)29(26-13-7-3-8-14-26)30-27-15-9-4-10-16-27;1-6-4-2-3-5-6;1-3-2;/h2-22H,1H3;2,4H,3H2,1H3;3H,1-2H3;. The average molecular weight is 575 g/mol. The molecule has 0 heterocycles. The molecule has 0 spiro atoms. The molecule has 0 atom stereocenters. The van der Waals surface area contributed by atoms with E-state index < -0.39 is 0 Å². The Morgan fingerprint density at radius 1 is 0.725 bits per heavy atom. The first-order valence-corrected chi connectivity index (χ1v) is 20.3. The van der Waals surface area contributed by atoms with E-state index in [0.717, 1.165) is 33.8 Å². The molecule has 0 fully saturated rings. The fourth-order valence-electron chi connectivity index (χ4n) is 4.38. The molecule has 0 aliphatic heterocycles. The van der Waals surface area contributed by atoms with Crippen LogP contribution in [0.4, 0.5) is 0 Å². The molecular formula is C37H38OSiTi. The van der Waals surface area contributed by atoms with Gasteiger partial charge in [0.15, 0.2) is 0 Å². The van der Waals surface area contributed by atoms with Crippen LogP contribution >= 0.6 is 0 Å². The first-order valence-electron chi connectivity index (χ1n) is 13.9. The molecule has 0 bridgehead atoms. The molecule has 3 heteroatoms. The molecule has 1 aliphatic carbocycles. The van der Waals surface area contributed by atoms with Crippen molar-refractivity contribution in [3.05, 3.63) is 165 Å². The van der Waals surface area contributed by atoms with E-state index in [1.807, 2.05) is 58.5 Å². The predicted molar refractivity (Wildman–Crippen MR) is 172 cm³/mol. The molecule has 200 valence electrons. The van der Waals surface area contributed by atoms with Crippen molar-refractivity contribution < 1.29 is 23.1 Å². The molecule has 0 aromatic heterocycles. The summed E-state index contributed by atoms with van der Waals surface area (Å²) < 4.78 is 8.27. The van der Waals surface area contributed by atoms with Gasteiger partial charge in [-0.2, -0.15) is 0 Å². The Labute approximate surface area is 250 Å². The van der Waals surface area contributed by atoms with Crippen LogP contribution < -0.4 is 4.74 Å². The van der Waals surface area contributed by atoms with Gasteiger partial charge in [-0.3, -0.25) is 0 Å². The van der Waals surface area contributed by atoms with E-state index in [-0.39, 0.29) is 6.66 Å². The van der Waals surface area contributed by atoms with Gasteiger partial charge in [0.1, 0.15) is 11.5 Å². The molecule has 4 aromatic rings. The third-order valence-electron chi connectivity index (χ3n) is 6.48. The molecular weight excluding hydrogens is 536 g/mol. The molecule has 1 aliphatic rings. The van der Waals surface area contributed by atoms with Crippen molar-refractivity contribution >= 4 is 24.1 Å². The third-order valence-corrected chi connectivity index (χ3v) is 12.7. The van der Waals surface area contributed by atoms with Crippen LogP contribution in [0.2, 0.25) is 13.1 Å². The van der Waals surface area contributed by atoms with Crippen LogP contribution in [0.1, 0.15) is 35.6 Å². The van der Waals surface area contributed by atoms with Crippen LogP contribution in [-0.4, -0.2) is 6.66 Å². The van der Waals surface area contributed by atoms with Gasteiger partial charge in [0.2, 0.25) is 0 Å². The Balaban J connectivity index is 0.000000312. The second kappa shape index (κ2) is 15.4. The average Bonchev–Trinajstić information content (AvgIpc) is 3.38. The van der Waals surface area contributed by atoms with Crippen LogP contribution in [0.15, 0.2) is 143 Å². The Bertz CT molecular complexity index is 1470. The molecule has 0 saturated carbocycles. The van der Waals surface area contributed by atoms with Gasteiger partial charge in [-0.05, 0) is 30.2 Å². The van der Waals surface area contributed by atoms with Crippen LogP contribution in [0.5, 0.6) is 5.75 Å². The van der Waals surface area contributed by atoms with Crippen molar-refractivity contribution in [2.24, 2.45) is 0 Å². The number of benzene rings is 4. The molecule has 0 amide bonds. The number of aryl methyl sites for hydroxylation is 1. The zero-order chi connectivity index (χ0) is 28.2. The topological polar surface area (TPSA) is 9.23 Å². The Morgan fingerprint density at radius 2 is 1.30 bits per heavy atom. The zero-order valence-electron chi connectivity index (χ0n) is 24.0. The summed E-state index contributed by atoms with van der Waals surface area (Å²) in [6.07, 6.45) is 10.2. The summed E-state index contributed by atoms with van der Waals surface area (Å²) in [4.78, 5) is 0. The second-order valence-electron chi connectivity index (χ2n) is 10.2. The number of para-hydroxylation sites is 1. The smallest absolute Gasteiger partial charge is 0.142 e. The minimum Gasteiger partial charge on any atom is -0.456 e. The van der Waals surface area contributed by atoms with E-state index >= 15 is 0 Å². The molecule has 0 radical (unpaired) electrons. The molecule has 5 rings (SSSR count). The van der Waals surface area contributed by atoms with Crippen LogP contribution in [0, 0.1) is 6.92 Å². The van der Waals surface area contributed by atoms with E-state index in [1.165, 1.54) is 12.0 Å². The van der Waals surface area contributed by atoms with Crippen molar-refractivity contribution in [1.82, 2.24) is 0 Å². The Hall–Kier alpha value is -3.43. The summed E-state index contributed by atoms with van der Waals surface area (Å²) in [5, 5.41) is 0. The first kappa shape index (κ1) is 29.6. The monoisotopic (exact) mass is 574 g/mol. The van der Waals surface area contributed by atoms with Gasteiger partial charge in [-0.15, -0.1) is 0 Å². The second-order valence-corrected chi connectivity index (χ2v) is 20.5. The Morgan fingerprint density at radius 3 is 1.85 bits per heavy atom. The summed E-state index contributed by atoms with van der Waals surface area (Å²) in [5.41, 5.74) is 7.17. The number of ether oxygens (including phenoxy) is 1. The Kier molecular flexibility index (Phi) is 11.4. The van der Waals surface area contributed by atoms with Gasteiger partial charge >= 0.3 is 73.1 Å². The molecule has 0 saturated heterocycles. The molecule has 0 unspecified atom stereocenters. The zero-order valence-corrected chi connectivity index (χ0v) is 26.7. The summed E-state index contributed by atoms with van der Waals surface area (Å²) in [7, 11) is 0. The maximum atomic E-state index is 6.45. The van der Waals surface area contributed by atoms with E-state index in [2.05, 4.69) is 112 Å². The fraction of sp³-hybridized carbons (Fsp3) is 0.135. The van der Waals surface area contributed by atoms with Crippen molar-refractivity contribution in [3.63, 3.8) is 0 Å². The number of allylic oxidation sites excluding steroid dienone is 6. The summed E-state index contributed by atoms with van der Waals surface area (Å²) in [6.45, 7) is 9.07. The quantitative estimate of drug-likeness (QED) is 0.0881. The van der Waals surface area contributed by atoms with Crippen LogP contribution in [0.3, 0.4) is 0 Å². The van der Waals surface area contributed by atoms with Gasteiger partial charge in [0.25, 0.3) is 0 Å². The van der Waals surface area contributed by atoms with Crippen molar-refractivity contribution in [1.29, 1.82) is 0 Å². The van der Waals surface area contributed by atoms with Gasteiger partial charge < -0.3 is 4.74 Å². The van der Waals surface area contributed by atoms with Crippen molar-refractivity contribution in [3.8, 4) is 5.75 Å². The molecule has 1 nitrogen and oxygen atoms in total. The summed E-state index contributed by atoms with van der Waals surface area (Å²) in [6, 6.07) is 39.1. The fourth-order valence-corrected chi connectivity index (χ4v) is 10.6. The van der Waals surface area contributed by atoms with E-state index in [1.54, 1.807) is 5.57 Å². The third kappa shape index (κ3) is 9.06. The first-order chi connectivity index (χ1) is 19.5. The van der Waals surface area contributed by atoms with Gasteiger partial charge in [-0.25, -0.2) is 0 Å². The summed E-state index contributed by atoms with van der Waals surface area (Å²) >= 11 is 0.350. The number of hydrogen-bond acceptors (Lipinski definition) is 1. The number of rotatable bonds is 8. The van der Waals surface area contributed by atoms with Gasteiger partial charge in [0, 0.05) is 11.1 Å². The molecule has 4 aromatic carbocycles. The van der Waals surface area contributed by atoms with Crippen molar-refractivity contribution in [2.75, 3.05) is 0 Å². The summed E-state index contributed by atoms with van der Waals surface area (Å²) in [5.74, 6) is 1.64.